The summed E-state index contributed by atoms with van der Waals surface area (Å²) >= 11 is 0. The average molecular weight is 380 g/mol. The van der Waals surface area contributed by atoms with Gasteiger partial charge < -0.3 is 9.73 Å². The van der Waals surface area contributed by atoms with Gasteiger partial charge in [-0.15, -0.1) is 0 Å². The van der Waals surface area contributed by atoms with Crippen LogP contribution in [0, 0.1) is 5.92 Å². The number of aromatic nitrogens is 1. The van der Waals surface area contributed by atoms with Gasteiger partial charge in [0.25, 0.3) is 0 Å². The van der Waals surface area contributed by atoms with Crippen molar-refractivity contribution in [2.45, 2.75) is 52.6 Å². The minimum Gasteiger partial charge on any atom is -0.408 e. The van der Waals surface area contributed by atoms with Gasteiger partial charge in [-0.3, -0.25) is 9.36 Å². The Bertz CT molecular complexity index is 983. The summed E-state index contributed by atoms with van der Waals surface area (Å²) in [5.41, 5.74) is 3.75. The van der Waals surface area contributed by atoms with Crippen molar-refractivity contribution in [3.8, 4) is 0 Å². The highest BCUT2D eigenvalue weighted by Gasteiger charge is 2.12. The Kier molecular flexibility index (Phi) is 6.34. The first-order valence-corrected chi connectivity index (χ1v) is 9.90. The predicted octanol–water partition coefficient (Wildman–Crippen LogP) is 4.45. The lowest BCUT2D eigenvalue weighted by molar-refractivity contribution is -0.121. The summed E-state index contributed by atoms with van der Waals surface area (Å²) in [6.45, 7) is 6.86. The number of carbonyl (C=O) groups excluding carboxylic acids is 1. The first kappa shape index (κ1) is 19.9. The molecule has 0 fully saturated rings. The normalized spacial score (nSPS) is 12.4. The Labute approximate surface area is 165 Å². The molecule has 28 heavy (non-hydrogen) atoms. The largest absolute Gasteiger partial charge is 0.419 e. The minimum absolute atomic E-state index is 0.0143. The van der Waals surface area contributed by atoms with Crippen LogP contribution in [-0.4, -0.2) is 10.5 Å². The zero-order valence-electron chi connectivity index (χ0n) is 16.8. The molecule has 1 heterocycles. The molecule has 148 valence electrons. The van der Waals surface area contributed by atoms with E-state index < -0.39 is 0 Å². The molecule has 0 radical (unpaired) electrons. The maximum Gasteiger partial charge on any atom is 0.419 e. The Morgan fingerprint density at radius 3 is 2.50 bits per heavy atom. The van der Waals surface area contributed by atoms with Gasteiger partial charge >= 0.3 is 5.76 Å². The second kappa shape index (κ2) is 8.91. The second-order valence-electron chi connectivity index (χ2n) is 7.72. The van der Waals surface area contributed by atoms with Crippen molar-refractivity contribution in [3.05, 3.63) is 70.2 Å². The van der Waals surface area contributed by atoms with Crippen LogP contribution in [0.3, 0.4) is 0 Å². The van der Waals surface area contributed by atoms with Gasteiger partial charge in [-0.2, -0.15) is 0 Å². The smallest absolute Gasteiger partial charge is 0.408 e. The molecule has 0 spiro atoms. The van der Waals surface area contributed by atoms with Crippen LogP contribution in [-0.2, 0) is 17.8 Å². The molecule has 0 unspecified atom stereocenters. The van der Waals surface area contributed by atoms with Gasteiger partial charge in [0, 0.05) is 13.0 Å². The molecule has 3 aromatic rings. The van der Waals surface area contributed by atoms with Crippen molar-refractivity contribution in [1.29, 1.82) is 0 Å². The van der Waals surface area contributed by atoms with Crippen LogP contribution in [0.1, 0.15) is 50.8 Å². The highest BCUT2D eigenvalue weighted by Crippen LogP contribution is 2.16. The van der Waals surface area contributed by atoms with Gasteiger partial charge in [-0.1, -0.05) is 50.2 Å². The van der Waals surface area contributed by atoms with Crippen LogP contribution >= 0.6 is 0 Å². The summed E-state index contributed by atoms with van der Waals surface area (Å²) < 4.78 is 6.80. The number of para-hydroxylation sites is 2. The van der Waals surface area contributed by atoms with Gasteiger partial charge in [0.1, 0.15) is 0 Å². The van der Waals surface area contributed by atoms with E-state index in [0.29, 0.717) is 30.9 Å². The first-order chi connectivity index (χ1) is 13.4. The SMILES string of the molecule is CC(C)Cc1ccc([C@H](C)NC(=O)CCCn2c(=O)oc3ccccc32)cc1. The van der Waals surface area contributed by atoms with Crippen molar-refractivity contribution in [2.24, 2.45) is 5.92 Å². The molecule has 0 bridgehead atoms. The second-order valence-corrected chi connectivity index (χ2v) is 7.72. The van der Waals surface area contributed by atoms with Crippen LogP contribution in [0.5, 0.6) is 0 Å². The van der Waals surface area contributed by atoms with Gasteiger partial charge in [0.2, 0.25) is 5.91 Å². The van der Waals surface area contributed by atoms with Gasteiger partial charge in [-0.25, -0.2) is 4.79 Å². The summed E-state index contributed by atoms with van der Waals surface area (Å²) in [6.07, 6.45) is 2.00. The van der Waals surface area contributed by atoms with E-state index in [1.807, 2.05) is 25.1 Å². The van der Waals surface area contributed by atoms with Crippen LogP contribution in [0.25, 0.3) is 11.1 Å². The molecule has 3 rings (SSSR count). The van der Waals surface area contributed by atoms with Crippen LogP contribution in [0.15, 0.2) is 57.7 Å². The Morgan fingerprint density at radius 1 is 1.07 bits per heavy atom. The van der Waals surface area contributed by atoms with Crippen molar-refractivity contribution in [1.82, 2.24) is 9.88 Å². The Morgan fingerprint density at radius 2 is 1.79 bits per heavy atom. The highest BCUT2D eigenvalue weighted by molar-refractivity contribution is 5.76. The first-order valence-electron chi connectivity index (χ1n) is 9.90. The molecule has 0 aliphatic rings. The number of amides is 1. The molecular formula is C23H28N2O3. The van der Waals surface area contributed by atoms with Crippen LogP contribution in [0.4, 0.5) is 0 Å². The van der Waals surface area contributed by atoms with Gasteiger partial charge in [-0.05, 0) is 48.9 Å². The zero-order valence-corrected chi connectivity index (χ0v) is 16.8. The Balaban J connectivity index is 1.51. The van der Waals surface area contributed by atoms with E-state index in [-0.39, 0.29) is 17.7 Å². The Hall–Kier alpha value is -2.82. The van der Waals surface area contributed by atoms with Crippen molar-refractivity contribution in [2.75, 3.05) is 0 Å². The molecular weight excluding hydrogens is 352 g/mol. The molecule has 0 saturated carbocycles. The number of fused-ring (bicyclic) bond motifs is 1. The van der Waals surface area contributed by atoms with Gasteiger partial charge in [0.15, 0.2) is 5.58 Å². The lowest BCUT2D eigenvalue weighted by Gasteiger charge is -2.15. The number of nitrogens with zero attached hydrogens (tertiary/aromatic N) is 1. The zero-order chi connectivity index (χ0) is 20.1. The van der Waals surface area contributed by atoms with E-state index in [4.69, 9.17) is 4.42 Å². The fourth-order valence-corrected chi connectivity index (χ4v) is 3.43. The fraction of sp³-hybridized carbons (Fsp3) is 0.391. The summed E-state index contributed by atoms with van der Waals surface area (Å²) in [5, 5.41) is 3.04. The lowest BCUT2D eigenvalue weighted by atomic mass is 10.00. The lowest BCUT2D eigenvalue weighted by Crippen LogP contribution is -2.27. The van der Waals surface area contributed by atoms with E-state index in [1.165, 1.54) is 5.56 Å². The minimum atomic E-state index is -0.378. The van der Waals surface area contributed by atoms with E-state index in [1.54, 1.807) is 10.6 Å². The maximum absolute atomic E-state index is 12.3. The topological polar surface area (TPSA) is 64.2 Å². The monoisotopic (exact) mass is 380 g/mol. The van der Waals surface area contributed by atoms with E-state index >= 15 is 0 Å². The molecule has 0 saturated heterocycles. The third kappa shape index (κ3) is 4.91. The molecule has 5 heteroatoms. The number of nitrogens with one attached hydrogen (secondary N) is 1. The third-order valence-electron chi connectivity index (χ3n) is 4.86. The number of carbonyl (C=O) groups is 1. The van der Waals surface area contributed by atoms with Crippen LogP contribution < -0.4 is 11.1 Å². The summed E-state index contributed by atoms with van der Waals surface area (Å²) in [4.78, 5) is 24.3. The number of rotatable bonds is 8. The number of aryl methyl sites for hydroxylation is 1. The summed E-state index contributed by atoms with van der Waals surface area (Å²) in [7, 11) is 0. The number of hydrogen-bond acceptors (Lipinski definition) is 3. The van der Waals surface area contributed by atoms with E-state index in [2.05, 4.69) is 43.4 Å². The molecule has 1 aromatic heterocycles. The summed E-state index contributed by atoms with van der Waals surface area (Å²) in [5.74, 6) is 0.235. The maximum atomic E-state index is 12.3. The van der Waals surface area contributed by atoms with Crippen molar-refractivity contribution >= 4 is 17.0 Å². The molecule has 1 atom stereocenters. The number of hydrogen-bond donors (Lipinski definition) is 1. The standard InChI is InChI=1S/C23H28N2O3/c1-16(2)15-18-10-12-19(13-11-18)17(3)24-22(26)9-6-14-25-20-7-4-5-8-21(20)28-23(25)27/h4-5,7-8,10-13,16-17H,6,9,14-15H2,1-3H3,(H,24,26)/t17-/m0/s1. The summed E-state index contributed by atoms with van der Waals surface area (Å²) in [6, 6.07) is 15.7. The third-order valence-corrected chi connectivity index (χ3v) is 4.86. The molecule has 1 N–H and O–H groups in total. The molecule has 0 aliphatic heterocycles. The van der Waals surface area contributed by atoms with Crippen molar-refractivity contribution < 1.29 is 9.21 Å². The molecule has 2 aromatic carbocycles. The molecule has 1 amide bonds. The molecule has 0 aliphatic carbocycles. The fourth-order valence-electron chi connectivity index (χ4n) is 3.43. The van der Waals surface area contributed by atoms with Gasteiger partial charge in [0.05, 0.1) is 11.6 Å². The quantitative estimate of drug-likeness (QED) is 0.628. The average Bonchev–Trinajstić information content (AvgIpc) is 2.97. The number of benzene rings is 2. The number of oxazole rings is 1. The van der Waals surface area contributed by atoms with Crippen LogP contribution in [0.2, 0.25) is 0 Å². The van der Waals surface area contributed by atoms with E-state index in [9.17, 15) is 9.59 Å². The predicted molar refractivity (Wildman–Crippen MR) is 111 cm³/mol. The molecule has 5 nitrogen and oxygen atoms in total. The van der Waals surface area contributed by atoms with E-state index in [0.717, 1.165) is 17.5 Å². The highest BCUT2D eigenvalue weighted by atomic mass is 16.4. The van der Waals surface area contributed by atoms with Crippen molar-refractivity contribution in [3.63, 3.8) is 0 Å².